The molecule has 5 atom stereocenters. The first-order valence-corrected chi connectivity index (χ1v) is 6.22. The highest BCUT2D eigenvalue weighted by molar-refractivity contribution is 5.23. The number of fused-ring (bicyclic) bond motifs is 1. The fourth-order valence-corrected chi connectivity index (χ4v) is 3.62. The van der Waals surface area contributed by atoms with Crippen molar-refractivity contribution in [3.8, 4) is 0 Å². The molecular formula is C12H20O5. The molecule has 0 radical (unpaired) electrons. The summed E-state index contributed by atoms with van der Waals surface area (Å²) in [6.45, 7) is 5.47. The van der Waals surface area contributed by atoms with Crippen molar-refractivity contribution in [2.45, 2.75) is 68.9 Å². The number of rotatable bonds is 1. The van der Waals surface area contributed by atoms with E-state index in [2.05, 4.69) is 0 Å². The van der Waals surface area contributed by atoms with Crippen molar-refractivity contribution < 1.29 is 24.8 Å². The van der Waals surface area contributed by atoms with Crippen molar-refractivity contribution in [3.63, 3.8) is 0 Å². The minimum Gasteiger partial charge on any atom is -0.390 e. The Kier molecular flexibility index (Phi) is 1.99. The SMILES string of the molecule is CC(C)C12CC(O)C3(O)CCC(O)(O1)C3(C)O2. The van der Waals surface area contributed by atoms with Gasteiger partial charge in [-0.05, 0) is 13.3 Å². The van der Waals surface area contributed by atoms with E-state index in [0.717, 1.165) is 0 Å². The molecule has 3 fully saturated rings. The molecule has 3 rings (SSSR count). The van der Waals surface area contributed by atoms with Crippen LogP contribution >= 0.6 is 0 Å². The molecule has 5 heteroatoms. The van der Waals surface area contributed by atoms with Gasteiger partial charge < -0.3 is 24.8 Å². The van der Waals surface area contributed by atoms with Crippen molar-refractivity contribution in [2.24, 2.45) is 5.92 Å². The summed E-state index contributed by atoms with van der Waals surface area (Å²) < 4.78 is 11.7. The summed E-state index contributed by atoms with van der Waals surface area (Å²) in [6, 6.07) is 0. The molecule has 17 heavy (non-hydrogen) atoms. The Morgan fingerprint density at radius 2 is 1.82 bits per heavy atom. The van der Waals surface area contributed by atoms with Gasteiger partial charge in [0.25, 0.3) is 0 Å². The molecule has 0 aromatic rings. The number of aliphatic hydroxyl groups is 3. The van der Waals surface area contributed by atoms with Crippen LogP contribution in [-0.2, 0) is 9.47 Å². The van der Waals surface area contributed by atoms with E-state index in [0.29, 0.717) is 0 Å². The van der Waals surface area contributed by atoms with Crippen LogP contribution < -0.4 is 0 Å². The topological polar surface area (TPSA) is 79.2 Å². The van der Waals surface area contributed by atoms with Crippen LogP contribution in [-0.4, -0.2) is 44.2 Å². The highest BCUT2D eigenvalue weighted by Crippen LogP contribution is 2.64. The lowest BCUT2D eigenvalue weighted by atomic mass is 9.75. The third-order valence-electron chi connectivity index (χ3n) is 5.04. The Morgan fingerprint density at radius 1 is 1.18 bits per heavy atom. The van der Waals surface area contributed by atoms with Gasteiger partial charge in [0.05, 0.1) is 6.10 Å². The van der Waals surface area contributed by atoms with Gasteiger partial charge in [-0.1, -0.05) is 13.8 Å². The molecule has 5 unspecified atom stereocenters. The van der Waals surface area contributed by atoms with E-state index in [1.165, 1.54) is 0 Å². The smallest absolute Gasteiger partial charge is 0.201 e. The molecule has 2 aliphatic heterocycles. The van der Waals surface area contributed by atoms with Crippen molar-refractivity contribution in [1.82, 2.24) is 0 Å². The fraction of sp³-hybridized carbons (Fsp3) is 1.00. The normalized spacial score (nSPS) is 61.2. The first kappa shape index (κ1) is 11.9. The van der Waals surface area contributed by atoms with Crippen molar-refractivity contribution in [1.29, 1.82) is 0 Å². The van der Waals surface area contributed by atoms with Crippen LogP contribution in [0.15, 0.2) is 0 Å². The summed E-state index contributed by atoms with van der Waals surface area (Å²) in [7, 11) is 0. The van der Waals surface area contributed by atoms with Gasteiger partial charge in [-0.25, -0.2) is 0 Å². The van der Waals surface area contributed by atoms with E-state index >= 15 is 0 Å². The average molecular weight is 244 g/mol. The molecule has 0 spiro atoms. The Labute approximate surface area is 100 Å². The standard InChI is InChI=1S/C12H20O5/c1-7(2)11-6-8(13)10(14)4-5-12(15,17-11)9(10,3)16-11/h7-8,13-15H,4-6H2,1-3H3. The zero-order valence-corrected chi connectivity index (χ0v) is 10.4. The summed E-state index contributed by atoms with van der Waals surface area (Å²) in [5.74, 6) is -2.49. The van der Waals surface area contributed by atoms with Gasteiger partial charge in [-0.3, -0.25) is 0 Å². The van der Waals surface area contributed by atoms with Gasteiger partial charge in [0.1, 0.15) is 5.60 Å². The number of hydrogen-bond donors (Lipinski definition) is 3. The lowest BCUT2D eigenvalue weighted by Gasteiger charge is -2.49. The van der Waals surface area contributed by atoms with E-state index < -0.39 is 28.9 Å². The Morgan fingerprint density at radius 3 is 2.41 bits per heavy atom. The summed E-state index contributed by atoms with van der Waals surface area (Å²) in [5, 5.41) is 31.3. The van der Waals surface area contributed by atoms with Gasteiger partial charge in [0.2, 0.25) is 5.79 Å². The van der Waals surface area contributed by atoms with E-state index in [-0.39, 0.29) is 25.2 Å². The Hall–Kier alpha value is -0.200. The summed E-state index contributed by atoms with van der Waals surface area (Å²) in [4.78, 5) is 0. The van der Waals surface area contributed by atoms with Gasteiger partial charge >= 0.3 is 0 Å². The van der Waals surface area contributed by atoms with Crippen LogP contribution in [0.25, 0.3) is 0 Å². The molecule has 2 saturated heterocycles. The molecule has 3 N–H and O–H groups in total. The van der Waals surface area contributed by atoms with Crippen LogP contribution in [0.4, 0.5) is 0 Å². The van der Waals surface area contributed by atoms with E-state index in [9.17, 15) is 15.3 Å². The lowest BCUT2D eigenvalue weighted by molar-refractivity contribution is -0.315. The fourth-order valence-electron chi connectivity index (χ4n) is 3.62. The molecule has 5 nitrogen and oxygen atoms in total. The summed E-state index contributed by atoms with van der Waals surface area (Å²) in [6.07, 6.45) is -0.167. The first-order valence-electron chi connectivity index (χ1n) is 6.22. The minimum absolute atomic E-state index is 0.00634. The van der Waals surface area contributed by atoms with Gasteiger partial charge in [0.15, 0.2) is 11.4 Å². The van der Waals surface area contributed by atoms with Gasteiger partial charge in [0, 0.05) is 18.8 Å². The van der Waals surface area contributed by atoms with E-state index in [4.69, 9.17) is 9.47 Å². The summed E-state index contributed by atoms with van der Waals surface area (Å²) >= 11 is 0. The third kappa shape index (κ3) is 1.04. The van der Waals surface area contributed by atoms with E-state index in [1.807, 2.05) is 13.8 Å². The average Bonchev–Trinajstić information content (AvgIpc) is 2.53. The largest absolute Gasteiger partial charge is 0.390 e. The minimum atomic E-state index is -1.50. The molecule has 1 aliphatic carbocycles. The maximum Gasteiger partial charge on any atom is 0.201 e. The molecule has 98 valence electrons. The lowest BCUT2D eigenvalue weighted by Crippen LogP contribution is -2.67. The predicted octanol–water partition coefficient (Wildman–Crippen LogP) is 0.122. The molecule has 2 heterocycles. The Balaban J connectivity index is 2.14. The molecule has 1 saturated carbocycles. The maximum absolute atomic E-state index is 10.6. The van der Waals surface area contributed by atoms with Gasteiger partial charge in [-0.15, -0.1) is 0 Å². The van der Waals surface area contributed by atoms with Crippen molar-refractivity contribution >= 4 is 0 Å². The summed E-state index contributed by atoms with van der Waals surface area (Å²) in [5.41, 5.74) is -2.67. The van der Waals surface area contributed by atoms with Gasteiger partial charge in [-0.2, -0.15) is 0 Å². The van der Waals surface area contributed by atoms with Crippen LogP contribution in [0.2, 0.25) is 0 Å². The van der Waals surface area contributed by atoms with Crippen LogP contribution in [0.1, 0.15) is 40.0 Å². The highest BCUT2D eigenvalue weighted by atomic mass is 16.8. The highest BCUT2D eigenvalue weighted by Gasteiger charge is 2.80. The second-order valence-electron chi connectivity index (χ2n) is 6.13. The second-order valence-corrected chi connectivity index (χ2v) is 6.13. The Bertz CT molecular complexity index is 372. The maximum atomic E-state index is 10.6. The zero-order valence-electron chi connectivity index (χ0n) is 10.4. The van der Waals surface area contributed by atoms with E-state index in [1.54, 1.807) is 6.92 Å². The number of aliphatic hydroxyl groups excluding tert-OH is 1. The molecule has 0 aromatic heterocycles. The number of ether oxygens (including phenoxy) is 2. The molecule has 0 amide bonds. The van der Waals surface area contributed by atoms with Crippen LogP contribution in [0, 0.1) is 5.92 Å². The third-order valence-corrected chi connectivity index (χ3v) is 5.04. The molecule has 2 bridgehead atoms. The number of hydrogen-bond acceptors (Lipinski definition) is 5. The monoisotopic (exact) mass is 244 g/mol. The van der Waals surface area contributed by atoms with Crippen LogP contribution in [0.3, 0.4) is 0 Å². The molecular weight excluding hydrogens is 224 g/mol. The molecule has 3 aliphatic rings. The quantitative estimate of drug-likeness (QED) is 0.610. The first-order chi connectivity index (χ1) is 7.69. The molecule has 0 aromatic carbocycles. The van der Waals surface area contributed by atoms with Crippen molar-refractivity contribution in [2.75, 3.05) is 0 Å². The second kappa shape index (κ2) is 2.86. The van der Waals surface area contributed by atoms with Crippen LogP contribution in [0.5, 0.6) is 0 Å². The van der Waals surface area contributed by atoms with Crippen molar-refractivity contribution in [3.05, 3.63) is 0 Å². The zero-order chi connectivity index (χ0) is 12.7. The predicted molar refractivity (Wildman–Crippen MR) is 57.9 cm³/mol.